The van der Waals surface area contributed by atoms with Crippen LogP contribution < -0.4 is 4.90 Å². The van der Waals surface area contributed by atoms with Crippen LogP contribution in [0.1, 0.15) is 22.7 Å². The van der Waals surface area contributed by atoms with Crippen molar-refractivity contribution in [1.29, 1.82) is 0 Å². The number of nitro groups is 1. The minimum Gasteiger partial charge on any atom is -0.507 e. The van der Waals surface area contributed by atoms with Gasteiger partial charge >= 0.3 is 0 Å². The van der Waals surface area contributed by atoms with Crippen LogP contribution in [0.2, 0.25) is 0 Å². The Hall–Kier alpha value is -4.33. The molecule has 0 radical (unpaired) electrons. The van der Waals surface area contributed by atoms with Crippen molar-refractivity contribution >= 4 is 28.8 Å². The van der Waals surface area contributed by atoms with Crippen LogP contribution >= 0.6 is 0 Å². The average molecular weight is 432 g/mol. The summed E-state index contributed by atoms with van der Waals surface area (Å²) in [4.78, 5) is 37.9. The number of rotatable bonds is 4. The molecule has 32 heavy (non-hydrogen) atoms. The predicted molar refractivity (Wildman–Crippen MR) is 115 cm³/mol. The summed E-state index contributed by atoms with van der Waals surface area (Å²) in [7, 11) is 0. The molecule has 0 aromatic heterocycles. The molecular formula is C24H17FN2O5. The topological polar surface area (TPSA) is 101 Å². The van der Waals surface area contributed by atoms with Gasteiger partial charge < -0.3 is 5.11 Å². The van der Waals surface area contributed by atoms with E-state index in [1.54, 1.807) is 24.3 Å². The number of hydrogen-bond donors (Lipinski definition) is 1. The van der Waals surface area contributed by atoms with Gasteiger partial charge in [0.2, 0.25) is 0 Å². The Morgan fingerprint density at radius 3 is 2.31 bits per heavy atom. The lowest BCUT2D eigenvalue weighted by molar-refractivity contribution is -0.384. The Labute approximate surface area is 182 Å². The fraction of sp³-hybridized carbons (Fsp3) is 0.0833. The smallest absolute Gasteiger partial charge is 0.300 e. The molecule has 0 aliphatic carbocycles. The maximum absolute atomic E-state index is 13.5. The van der Waals surface area contributed by atoms with Crippen LogP contribution in [0, 0.1) is 22.9 Å². The second kappa shape index (κ2) is 8.07. The second-order valence-corrected chi connectivity index (χ2v) is 7.36. The molecule has 3 aromatic rings. The summed E-state index contributed by atoms with van der Waals surface area (Å²) in [5.41, 5.74) is 1.29. The van der Waals surface area contributed by atoms with Crippen LogP contribution in [-0.2, 0) is 9.59 Å². The third-order valence-electron chi connectivity index (χ3n) is 5.27. The Balaban J connectivity index is 1.96. The number of carbonyl (C=O) groups is 2. The molecule has 1 heterocycles. The number of aliphatic hydroxyl groups is 1. The van der Waals surface area contributed by atoms with Crippen molar-refractivity contribution in [3.8, 4) is 0 Å². The molecule has 3 aromatic carbocycles. The molecule has 0 unspecified atom stereocenters. The van der Waals surface area contributed by atoms with Gasteiger partial charge in [0.15, 0.2) is 0 Å². The zero-order valence-corrected chi connectivity index (χ0v) is 16.9. The molecule has 1 aliphatic heterocycles. The van der Waals surface area contributed by atoms with Gasteiger partial charge in [-0.05, 0) is 36.8 Å². The number of halogens is 1. The highest BCUT2D eigenvalue weighted by Crippen LogP contribution is 2.42. The monoisotopic (exact) mass is 432 g/mol. The Kier molecular flexibility index (Phi) is 5.28. The zero-order chi connectivity index (χ0) is 23.0. The van der Waals surface area contributed by atoms with Crippen LogP contribution in [0.25, 0.3) is 5.76 Å². The van der Waals surface area contributed by atoms with Crippen LogP contribution in [0.15, 0.2) is 78.4 Å². The number of aliphatic hydroxyl groups excluding tert-OH is 1. The summed E-state index contributed by atoms with van der Waals surface area (Å²) in [5.74, 6) is -2.80. The maximum Gasteiger partial charge on any atom is 0.300 e. The summed E-state index contributed by atoms with van der Waals surface area (Å²) in [5, 5.41) is 22.3. The maximum atomic E-state index is 13.5. The van der Waals surface area contributed by atoms with Crippen molar-refractivity contribution < 1.29 is 24.0 Å². The predicted octanol–water partition coefficient (Wildman–Crippen LogP) is 4.67. The highest BCUT2D eigenvalue weighted by atomic mass is 19.1. The van der Waals surface area contributed by atoms with Crippen molar-refractivity contribution in [2.75, 3.05) is 4.90 Å². The van der Waals surface area contributed by atoms with Gasteiger partial charge in [-0.15, -0.1) is 0 Å². The lowest BCUT2D eigenvalue weighted by Crippen LogP contribution is -2.29. The molecule has 7 nitrogen and oxygen atoms in total. The standard InChI is InChI=1S/C24H17FN2O5/c1-14-5-7-15(8-6-14)22(28)20-21(16-3-2-4-19(13-16)27(31)32)26(24(30)23(20)29)18-11-9-17(25)10-12-18/h2-13,21,28H,1H3/b22-20+/t21-/m0/s1. The van der Waals surface area contributed by atoms with E-state index in [1.165, 1.54) is 36.4 Å². The molecule has 1 atom stereocenters. The summed E-state index contributed by atoms with van der Waals surface area (Å²) in [6, 6.07) is 16.0. The minimum atomic E-state index is -1.14. The molecule has 4 rings (SSSR count). The normalized spacial score (nSPS) is 17.6. The van der Waals surface area contributed by atoms with Crippen molar-refractivity contribution in [1.82, 2.24) is 0 Å². The number of nitrogens with zero attached hydrogens (tertiary/aromatic N) is 2. The number of aryl methyl sites for hydroxylation is 1. The van der Waals surface area contributed by atoms with E-state index in [0.717, 1.165) is 22.6 Å². The van der Waals surface area contributed by atoms with E-state index in [9.17, 15) is 29.2 Å². The quantitative estimate of drug-likeness (QED) is 0.212. The minimum absolute atomic E-state index is 0.205. The number of hydrogen-bond acceptors (Lipinski definition) is 5. The lowest BCUT2D eigenvalue weighted by atomic mass is 9.94. The van der Waals surface area contributed by atoms with Gasteiger partial charge in [-0.1, -0.05) is 42.0 Å². The SMILES string of the molecule is Cc1ccc(/C(O)=C2\C(=O)C(=O)N(c3ccc(F)cc3)[C@H]2c2cccc([N+](=O)[O-])c2)cc1. The van der Waals surface area contributed by atoms with Crippen LogP contribution in [0.4, 0.5) is 15.8 Å². The Bertz CT molecular complexity index is 1270. The third kappa shape index (κ3) is 3.62. The number of carbonyl (C=O) groups excluding carboxylic acids is 2. The number of non-ortho nitro benzene ring substituents is 1. The molecule has 0 spiro atoms. The van der Waals surface area contributed by atoms with Crippen LogP contribution in [-0.4, -0.2) is 21.7 Å². The summed E-state index contributed by atoms with van der Waals surface area (Å²) < 4.78 is 13.5. The van der Waals surface area contributed by atoms with Gasteiger partial charge in [0, 0.05) is 23.4 Å². The number of benzene rings is 3. The van der Waals surface area contributed by atoms with Gasteiger partial charge in [0.25, 0.3) is 17.4 Å². The summed E-state index contributed by atoms with van der Waals surface area (Å²) >= 11 is 0. The first-order valence-corrected chi connectivity index (χ1v) is 9.66. The van der Waals surface area contributed by atoms with E-state index in [1.807, 2.05) is 6.92 Å². The number of anilines is 1. The molecule has 0 saturated carbocycles. The Morgan fingerprint density at radius 2 is 1.69 bits per heavy atom. The van der Waals surface area contributed by atoms with Gasteiger partial charge in [-0.2, -0.15) is 0 Å². The highest BCUT2D eigenvalue weighted by molar-refractivity contribution is 6.51. The molecule has 160 valence electrons. The molecule has 1 amide bonds. The van der Waals surface area contributed by atoms with Crippen molar-refractivity contribution in [3.05, 3.63) is 111 Å². The zero-order valence-electron chi connectivity index (χ0n) is 16.9. The first-order valence-electron chi connectivity index (χ1n) is 9.66. The van der Waals surface area contributed by atoms with Gasteiger partial charge in [0.1, 0.15) is 11.6 Å². The summed E-state index contributed by atoms with van der Waals surface area (Å²) in [6.07, 6.45) is 0. The molecule has 1 N–H and O–H groups in total. The van der Waals surface area contributed by atoms with Crippen molar-refractivity contribution in [2.45, 2.75) is 13.0 Å². The average Bonchev–Trinajstić information content (AvgIpc) is 3.05. The van der Waals surface area contributed by atoms with Crippen molar-refractivity contribution in [3.63, 3.8) is 0 Å². The Morgan fingerprint density at radius 1 is 1.03 bits per heavy atom. The number of amides is 1. The number of nitro benzene ring substituents is 1. The van der Waals surface area contributed by atoms with E-state index in [4.69, 9.17) is 0 Å². The van der Waals surface area contributed by atoms with E-state index in [0.29, 0.717) is 5.56 Å². The van der Waals surface area contributed by atoms with Crippen molar-refractivity contribution in [2.24, 2.45) is 0 Å². The van der Waals surface area contributed by atoms with Gasteiger partial charge in [-0.3, -0.25) is 24.6 Å². The molecule has 8 heteroatoms. The fourth-order valence-electron chi connectivity index (χ4n) is 3.69. The third-order valence-corrected chi connectivity index (χ3v) is 5.27. The first-order chi connectivity index (χ1) is 15.3. The first kappa shape index (κ1) is 20.9. The molecular weight excluding hydrogens is 415 g/mol. The number of Topliss-reactive ketones (excluding diaryl/α,β-unsaturated/α-hetero) is 1. The molecule has 1 saturated heterocycles. The van der Waals surface area contributed by atoms with Crippen LogP contribution in [0.3, 0.4) is 0 Å². The molecule has 1 aliphatic rings. The molecule has 1 fully saturated rings. The largest absolute Gasteiger partial charge is 0.507 e. The van der Waals surface area contributed by atoms with E-state index >= 15 is 0 Å². The van der Waals surface area contributed by atoms with E-state index < -0.39 is 34.2 Å². The van der Waals surface area contributed by atoms with Gasteiger partial charge in [-0.25, -0.2) is 4.39 Å². The molecule has 0 bridgehead atoms. The van der Waals surface area contributed by atoms with Gasteiger partial charge in [0.05, 0.1) is 16.5 Å². The number of ketones is 1. The summed E-state index contributed by atoms with van der Waals surface area (Å²) in [6.45, 7) is 1.86. The van der Waals surface area contributed by atoms with Crippen LogP contribution in [0.5, 0.6) is 0 Å². The fourth-order valence-corrected chi connectivity index (χ4v) is 3.69. The second-order valence-electron chi connectivity index (χ2n) is 7.36. The van der Waals surface area contributed by atoms with E-state index in [-0.39, 0.29) is 22.5 Å². The van der Waals surface area contributed by atoms with E-state index in [2.05, 4.69) is 0 Å². The lowest BCUT2D eigenvalue weighted by Gasteiger charge is -2.25. The highest BCUT2D eigenvalue weighted by Gasteiger charge is 2.47.